The molecular weight excluding hydrogens is 234 g/mol. The van der Waals surface area contributed by atoms with E-state index in [9.17, 15) is 0 Å². The smallest absolute Gasteiger partial charge is 0.0785 e. The second-order valence-electron chi connectivity index (χ2n) is 5.16. The number of anilines is 1. The Morgan fingerprint density at radius 1 is 1.37 bits per heavy atom. The van der Waals surface area contributed by atoms with E-state index in [1.807, 2.05) is 6.20 Å². The van der Waals surface area contributed by atoms with Gasteiger partial charge in [-0.15, -0.1) is 0 Å². The number of benzene rings is 1. The second kappa shape index (κ2) is 5.31. The van der Waals surface area contributed by atoms with Crippen molar-refractivity contribution in [3.63, 3.8) is 0 Å². The summed E-state index contributed by atoms with van der Waals surface area (Å²) >= 11 is 0. The summed E-state index contributed by atoms with van der Waals surface area (Å²) in [7, 11) is 0. The molecule has 1 N–H and O–H groups in total. The lowest BCUT2D eigenvalue weighted by Gasteiger charge is -2.28. The van der Waals surface area contributed by atoms with Gasteiger partial charge >= 0.3 is 0 Å². The maximum Gasteiger partial charge on any atom is 0.0785 e. The first kappa shape index (κ1) is 12.0. The summed E-state index contributed by atoms with van der Waals surface area (Å²) in [6, 6.07) is 10.5. The van der Waals surface area contributed by atoms with E-state index in [1.54, 1.807) is 0 Å². The first-order valence-corrected chi connectivity index (χ1v) is 6.82. The summed E-state index contributed by atoms with van der Waals surface area (Å²) in [4.78, 5) is 2.41. The van der Waals surface area contributed by atoms with Gasteiger partial charge in [0.15, 0.2) is 0 Å². The molecule has 1 aliphatic rings. The third-order valence-electron chi connectivity index (χ3n) is 3.54. The molecule has 1 aromatic heterocycles. The minimum absolute atomic E-state index is 0.974. The molecule has 0 bridgehead atoms. The van der Waals surface area contributed by atoms with Crippen LogP contribution in [0.25, 0.3) is 6.08 Å². The molecule has 0 aliphatic carbocycles. The number of hydrogen-bond donors (Lipinski definition) is 1. The van der Waals surface area contributed by atoms with Gasteiger partial charge in [-0.2, -0.15) is 5.10 Å². The van der Waals surface area contributed by atoms with Crippen molar-refractivity contribution in [3.8, 4) is 0 Å². The molecule has 2 heterocycles. The van der Waals surface area contributed by atoms with Gasteiger partial charge in [0.25, 0.3) is 0 Å². The third kappa shape index (κ3) is 2.70. The fourth-order valence-corrected chi connectivity index (χ4v) is 2.67. The molecule has 0 fully saturated rings. The largest absolute Gasteiger partial charge is 0.365 e. The number of fused-ring (bicyclic) bond motifs is 1. The van der Waals surface area contributed by atoms with Crippen LogP contribution in [0, 0.1) is 0 Å². The standard InChI is InChI=1S/C16H19N3/c1-13(10-14-6-3-2-4-7-14)12-19-9-5-8-15-16(19)11-17-18-15/h2-4,6-7,10-11H,5,8-9,12H2,1H3,(H,17,18). The highest BCUT2D eigenvalue weighted by atomic mass is 15.2. The monoisotopic (exact) mass is 253 g/mol. The molecule has 0 saturated carbocycles. The first-order valence-electron chi connectivity index (χ1n) is 6.82. The number of hydrogen-bond acceptors (Lipinski definition) is 2. The molecule has 2 aromatic rings. The van der Waals surface area contributed by atoms with Gasteiger partial charge in [-0.05, 0) is 25.3 Å². The number of rotatable bonds is 3. The summed E-state index contributed by atoms with van der Waals surface area (Å²) in [5.74, 6) is 0. The first-order chi connectivity index (χ1) is 9.33. The highest BCUT2D eigenvalue weighted by molar-refractivity contribution is 5.57. The summed E-state index contributed by atoms with van der Waals surface area (Å²) < 4.78 is 0. The number of nitrogens with one attached hydrogen (secondary N) is 1. The van der Waals surface area contributed by atoms with Crippen molar-refractivity contribution in [1.82, 2.24) is 10.2 Å². The molecule has 0 saturated heterocycles. The SMILES string of the molecule is CC(=Cc1ccccc1)CN1CCCc2[nH]ncc21. The topological polar surface area (TPSA) is 31.9 Å². The third-order valence-corrected chi connectivity index (χ3v) is 3.54. The molecule has 3 nitrogen and oxygen atoms in total. The zero-order valence-corrected chi connectivity index (χ0v) is 11.3. The average Bonchev–Trinajstić information content (AvgIpc) is 2.89. The van der Waals surface area contributed by atoms with E-state index < -0.39 is 0 Å². The zero-order chi connectivity index (χ0) is 13.1. The van der Waals surface area contributed by atoms with Crippen LogP contribution in [0.4, 0.5) is 5.69 Å². The minimum Gasteiger partial charge on any atom is -0.365 e. The normalized spacial score (nSPS) is 15.4. The Hall–Kier alpha value is -2.03. The molecular formula is C16H19N3. The van der Waals surface area contributed by atoms with Gasteiger partial charge in [-0.3, -0.25) is 5.10 Å². The highest BCUT2D eigenvalue weighted by Gasteiger charge is 2.18. The highest BCUT2D eigenvalue weighted by Crippen LogP contribution is 2.25. The van der Waals surface area contributed by atoms with Gasteiger partial charge in [0.2, 0.25) is 0 Å². The summed E-state index contributed by atoms with van der Waals surface area (Å²) in [6.45, 7) is 4.29. The Morgan fingerprint density at radius 2 is 2.21 bits per heavy atom. The maximum absolute atomic E-state index is 4.16. The van der Waals surface area contributed by atoms with Crippen molar-refractivity contribution >= 4 is 11.8 Å². The molecule has 0 unspecified atom stereocenters. The van der Waals surface area contributed by atoms with Gasteiger partial charge in [0.05, 0.1) is 17.6 Å². The van der Waals surface area contributed by atoms with E-state index in [4.69, 9.17) is 0 Å². The minimum atomic E-state index is 0.974. The van der Waals surface area contributed by atoms with Crippen molar-refractivity contribution in [2.45, 2.75) is 19.8 Å². The predicted molar refractivity (Wildman–Crippen MR) is 79.2 cm³/mol. The molecule has 0 radical (unpaired) electrons. The quantitative estimate of drug-likeness (QED) is 0.910. The van der Waals surface area contributed by atoms with E-state index in [0.29, 0.717) is 0 Å². The Balaban J connectivity index is 1.75. The van der Waals surface area contributed by atoms with Crippen LogP contribution in [0.3, 0.4) is 0 Å². The van der Waals surface area contributed by atoms with Crippen LogP contribution >= 0.6 is 0 Å². The summed E-state index contributed by atoms with van der Waals surface area (Å²) in [5, 5.41) is 7.26. The van der Waals surface area contributed by atoms with Gasteiger partial charge in [-0.1, -0.05) is 42.0 Å². The lowest BCUT2D eigenvalue weighted by molar-refractivity contribution is 0.704. The number of aromatic nitrogens is 2. The van der Waals surface area contributed by atoms with E-state index in [0.717, 1.165) is 19.5 Å². The zero-order valence-electron chi connectivity index (χ0n) is 11.3. The Labute approximate surface area is 114 Å². The van der Waals surface area contributed by atoms with E-state index in [-0.39, 0.29) is 0 Å². The van der Waals surface area contributed by atoms with Gasteiger partial charge in [0.1, 0.15) is 0 Å². The van der Waals surface area contributed by atoms with Crippen molar-refractivity contribution in [3.05, 3.63) is 53.4 Å². The van der Waals surface area contributed by atoms with E-state index in [1.165, 1.54) is 28.9 Å². The van der Waals surface area contributed by atoms with Crippen molar-refractivity contribution in [2.75, 3.05) is 18.0 Å². The van der Waals surface area contributed by atoms with Gasteiger partial charge in [-0.25, -0.2) is 0 Å². The molecule has 0 amide bonds. The van der Waals surface area contributed by atoms with E-state index in [2.05, 4.69) is 58.4 Å². The summed E-state index contributed by atoms with van der Waals surface area (Å²) in [5.41, 5.74) is 5.19. The molecule has 19 heavy (non-hydrogen) atoms. The molecule has 0 atom stereocenters. The van der Waals surface area contributed by atoms with Crippen LogP contribution in [-0.4, -0.2) is 23.3 Å². The Morgan fingerprint density at radius 3 is 3.05 bits per heavy atom. The number of aromatic amines is 1. The Bertz CT molecular complexity index is 569. The lowest BCUT2D eigenvalue weighted by atomic mass is 10.1. The maximum atomic E-state index is 4.16. The van der Waals surface area contributed by atoms with Crippen molar-refractivity contribution in [1.29, 1.82) is 0 Å². The fraction of sp³-hybridized carbons (Fsp3) is 0.312. The van der Waals surface area contributed by atoms with Crippen LogP contribution < -0.4 is 4.90 Å². The van der Waals surface area contributed by atoms with E-state index >= 15 is 0 Å². The number of aryl methyl sites for hydroxylation is 1. The number of nitrogens with zero attached hydrogens (tertiary/aromatic N) is 2. The van der Waals surface area contributed by atoms with Crippen molar-refractivity contribution in [2.24, 2.45) is 0 Å². The average molecular weight is 253 g/mol. The van der Waals surface area contributed by atoms with Crippen molar-refractivity contribution < 1.29 is 0 Å². The predicted octanol–water partition coefficient (Wildman–Crippen LogP) is 3.27. The molecule has 3 rings (SSSR count). The van der Waals surface area contributed by atoms with Crippen LogP contribution in [0.1, 0.15) is 24.6 Å². The molecule has 98 valence electrons. The molecule has 3 heteroatoms. The lowest BCUT2D eigenvalue weighted by Crippen LogP contribution is -2.30. The van der Waals surface area contributed by atoms with Crippen LogP contribution in [-0.2, 0) is 6.42 Å². The molecule has 1 aliphatic heterocycles. The Kier molecular flexibility index (Phi) is 3.36. The molecule has 1 aromatic carbocycles. The second-order valence-corrected chi connectivity index (χ2v) is 5.16. The fourth-order valence-electron chi connectivity index (χ4n) is 2.67. The number of H-pyrrole nitrogens is 1. The molecule has 0 spiro atoms. The summed E-state index contributed by atoms with van der Waals surface area (Å²) in [6.07, 6.45) is 6.53. The van der Waals surface area contributed by atoms with Crippen LogP contribution in [0.5, 0.6) is 0 Å². The van der Waals surface area contributed by atoms with Crippen LogP contribution in [0.2, 0.25) is 0 Å². The van der Waals surface area contributed by atoms with Gasteiger partial charge < -0.3 is 4.90 Å². The van der Waals surface area contributed by atoms with Gasteiger partial charge in [0, 0.05) is 13.1 Å². The van der Waals surface area contributed by atoms with Crippen LogP contribution in [0.15, 0.2) is 42.1 Å².